The lowest BCUT2D eigenvalue weighted by atomic mass is 10.2. The van der Waals surface area contributed by atoms with Crippen LogP contribution < -0.4 is 5.32 Å². The maximum Gasteiger partial charge on any atom is 0.339 e. The number of rotatable bonds is 4. The summed E-state index contributed by atoms with van der Waals surface area (Å²) in [6.07, 6.45) is 0. The lowest BCUT2D eigenvalue weighted by Gasteiger charge is -2.06. The second-order valence-electron chi connectivity index (χ2n) is 5.28. The average Bonchev–Trinajstić information content (AvgIpc) is 3.07. The predicted molar refractivity (Wildman–Crippen MR) is 97.2 cm³/mol. The molecule has 132 valence electrons. The Morgan fingerprint density at radius 3 is 2.38 bits per heavy atom. The molecule has 1 aromatic heterocycles. The van der Waals surface area contributed by atoms with Crippen molar-refractivity contribution in [1.82, 2.24) is 0 Å². The molecule has 8 heteroatoms. The van der Waals surface area contributed by atoms with Crippen molar-refractivity contribution in [2.24, 2.45) is 0 Å². The third-order valence-electron chi connectivity index (χ3n) is 3.52. The lowest BCUT2D eigenvalue weighted by molar-refractivity contribution is 0.0693. The predicted octanol–water partition coefficient (Wildman–Crippen LogP) is 4.91. The van der Waals surface area contributed by atoms with Gasteiger partial charge in [0.25, 0.3) is 5.91 Å². The van der Waals surface area contributed by atoms with E-state index in [1.54, 1.807) is 24.3 Å². The molecule has 0 saturated carbocycles. The van der Waals surface area contributed by atoms with Crippen molar-refractivity contribution in [1.29, 1.82) is 0 Å². The first-order valence-electron chi connectivity index (χ1n) is 7.28. The Morgan fingerprint density at radius 1 is 0.962 bits per heavy atom. The number of hydrogen-bond donors (Lipinski definition) is 3. The van der Waals surface area contributed by atoms with E-state index in [0.717, 1.165) is 6.07 Å². The van der Waals surface area contributed by atoms with Crippen LogP contribution in [0, 0.1) is 0 Å². The number of carboxylic acids is 1. The summed E-state index contributed by atoms with van der Waals surface area (Å²) in [5, 5.41) is 21.8. The molecule has 1 amide bonds. The third-order valence-corrected chi connectivity index (χ3v) is 4.26. The minimum Gasteiger partial charge on any atom is -0.507 e. The third kappa shape index (κ3) is 3.66. The number of carbonyl (C=O) groups excluding carboxylic acids is 1. The molecule has 0 aliphatic carbocycles. The highest BCUT2D eigenvalue weighted by molar-refractivity contribution is 6.42. The smallest absolute Gasteiger partial charge is 0.339 e. The van der Waals surface area contributed by atoms with Crippen molar-refractivity contribution in [2.45, 2.75) is 0 Å². The zero-order valence-electron chi connectivity index (χ0n) is 13.0. The van der Waals surface area contributed by atoms with Gasteiger partial charge in [-0.3, -0.25) is 4.79 Å². The van der Waals surface area contributed by atoms with E-state index in [-0.39, 0.29) is 17.0 Å². The molecule has 26 heavy (non-hydrogen) atoms. The summed E-state index contributed by atoms with van der Waals surface area (Å²) >= 11 is 11.8. The van der Waals surface area contributed by atoms with E-state index in [4.69, 9.17) is 32.7 Å². The summed E-state index contributed by atoms with van der Waals surface area (Å²) in [5.41, 5.74) is 0.620. The first kappa shape index (κ1) is 17.8. The van der Waals surface area contributed by atoms with Gasteiger partial charge >= 0.3 is 5.97 Å². The van der Waals surface area contributed by atoms with Gasteiger partial charge < -0.3 is 19.9 Å². The second kappa shape index (κ2) is 7.11. The topological polar surface area (TPSA) is 99.8 Å². The summed E-state index contributed by atoms with van der Waals surface area (Å²) in [4.78, 5) is 23.1. The van der Waals surface area contributed by atoms with Gasteiger partial charge in [-0.2, -0.15) is 0 Å². The van der Waals surface area contributed by atoms with E-state index in [0.29, 0.717) is 21.4 Å². The van der Waals surface area contributed by atoms with Crippen molar-refractivity contribution in [3.8, 4) is 17.1 Å². The summed E-state index contributed by atoms with van der Waals surface area (Å²) in [6.45, 7) is 0. The van der Waals surface area contributed by atoms with E-state index in [1.165, 1.54) is 18.2 Å². The van der Waals surface area contributed by atoms with E-state index < -0.39 is 17.6 Å². The quantitative estimate of drug-likeness (QED) is 0.586. The van der Waals surface area contributed by atoms with Crippen molar-refractivity contribution in [3.63, 3.8) is 0 Å². The van der Waals surface area contributed by atoms with Gasteiger partial charge in [0.1, 0.15) is 17.1 Å². The number of anilines is 1. The molecule has 0 radical (unpaired) electrons. The number of benzene rings is 2. The van der Waals surface area contributed by atoms with Crippen molar-refractivity contribution in [3.05, 3.63) is 69.9 Å². The maximum absolute atomic E-state index is 12.3. The zero-order chi connectivity index (χ0) is 18.8. The van der Waals surface area contributed by atoms with Crippen LogP contribution in [-0.4, -0.2) is 22.1 Å². The minimum absolute atomic E-state index is 0.0351. The number of carbonyl (C=O) groups is 2. The molecule has 0 spiro atoms. The Morgan fingerprint density at radius 2 is 1.73 bits per heavy atom. The van der Waals surface area contributed by atoms with Gasteiger partial charge in [-0.1, -0.05) is 23.2 Å². The standard InChI is InChI=1S/C18H11Cl2NO5/c19-12-4-1-9(7-13(12)20)15-5-6-16(26-15)17(23)21-10-2-3-11(18(24)25)14(22)8-10/h1-8,22H,(H,21,23)(H,24,25). The summed E-state index contributed by atoms with van der Waals surface area (Å²) in [5.74, 6) is -1.81. The number of nitrogens with one attached hydrogen (secondary N) is 1. The SMILES string of the molecule is O=C(Nc1ccc(C(=O)O)c(O)c1)c1ccc(-c2ccc(Cl)c(Cl)c2)o1. The van der Waals surface area contributed by atoms with Crippen LogP contribution in [0.15, 0.2) is 52.9 Å². The maximum atomic E-state index is 12.3. The zero-order valence-corrected chi connectivity index (χ0v) is 14.5. The highest BCUT2D eigenvalue weighted by Gasteiger charge is 2.15. The first-order chi connectivity index (χ1) is 12.3. The van der Waals surface area contributed by atoms with E-state index in [1.807, 2.05) is 0 Å². The minimum atomic E-state index is -1.27. The Balaban J connectivity index is 1.79. The molecule has 0 atom stereocenters. The molecule has 3 aromatic rings. The normalized spacial score (nSPS) is 10.5. The molecule has 6 nitrogen and oxygen atoms in total. The second-order valence-corrected chi connectivity index (χ2v) is 6.10. The number of furan rings is 1. The molecule has 0 fully saturated rings. The Hall–Kier alpha value is -2.96. The molecular weight excluding hydrogens is 381 g/mol. The summed E-state index contributed by atoms with van der Waals surface area (Å²) in [7, 11) is 0. The molecular formula is C18H11Cl2NO5. The van der Waals surface area contributed by atoms with Crippen LogP contribution in [-0.2, 0) is 0 Å². The number of amides is 1. The van der Waals surface area contributed by atoms with Crippen LogP contribution in [0.1, 0.15) is 20.9 Å². The van der Waals surface area contributed by atoms with Gasteiger partial charge in [0.05, 0.1) is 10.0 Å². The summed E-state index contributed by atoms with van der Waals surface area (Å²) < 4.78 is 5.52. The van der Waals surface area contributed by atoms with Gasteiger partial charge in [-0.25, -0.2) is 4.79 Å². The Labute approximate surface area is 157 Å². The van der Waals surface area contributed by atoms with Crippen molar-refractivity contribution >= 4 is 40.8 Å². The van der Waals surface area contributed by atoms with E-state index in [9.17, 15) is 14.7 Å². The Bertz CT molecular complexity index is 1010. The molecule has 2 aromatic carbocycles. The molecule has 0 unspecified atom stereocenters. The Kier molecular flexibility index (Phi) is 4.88. The van der Waals surface area contributed by atoms with Gasteiger partial charge in [0.2, 0.25) is 0 Å². The van der Waals surface area contributed by atoms with Crippen molar-refractivity contribution < 1.29 is 24.2 Å². The lowest BCUT2D eigenvalue weighted by Crippen LogP contribution is -2.11. The van der Waals surface area contributed by atoms with Crippen LogP contribution in [0.4, 0.5) is 5.69 Å². The average molecular weight is 392 g/mol. The van der Waals surface area contributed by atoms with Crippen LogP contribution in [0.5, 0.6) is 5.75 Å². The van der Waals surface area contributed by atoms with Crippen LogP contribution in [0.25, 0.3) is 11.3 Å². The number of carboxylic acid groups (broad SMARTS) is 1. The van der Waals surface area contributed by atoms with Crippen molar-refractivity contribution in [2.75, 3.05) is 5.32 Å². The van der Waals surface area contributed by atoms with Crippen LogP contribution in [0.2, 0.25) is 10.0 Å². The molecule has 0 aliphatic rings. The highest BCUT2D eigenvalue weighted by atomic mass is 35.5. The molecule has 3 N–H and O–H groups in total. The van der Waals surface area contributed by atoms with Gasteiger partial charge in [-0.05, 0) is 42.5 Å². The number of halogens is 2. The van der Waals surface area contributed by atoms with Gasteiger partial charge in [0, 0.05) is 17.3 Å². The van der Waals surface area contributed by atoms with Crippen LogP contribution in [0.3, 0.4) is 0 Å². The number of hydrogen-bond acceptors (Lipinski definition) is 4. The molecule has 3 rings (SSSR count). The van der Waals surface area contributed by atoms with Gasteiger partial charge in [0.15, 0.2) is 5.76 Å². The van der Waals surface area contributed by atoms with E-state index >= 15 is 0 Å². The van der Waals surface area contributed by atoms with Crippen LogP contribution >= 0.6 is 23.2 Å². The molecule has 1 heterocycles. The molecule has 0 aliphatic heterocycles. The number of phenols is 1. The fourth-order valence-corrected chi connectivity index (χ4v) is 2.55. The fourth-order valence-electron chi connectivity index (χ4n) is 2.25. The van der Waals surface area contributed by atoms with E-state index in [2.05, 4.69) is 5.32 Å². The first-order valence-corrected chi connectivity index (χ1v) is 8.03. The number of aromatic hydroxyl groups is 1. The highest BCUT2D eigenvalue weighted by Crippen LogP contribution is 2.30. The fraction of sp³-hybridized carbons (Fsp3) is 0. The largest absolute Gasteiger partial charge is 0.507 e. The molecule has 0 saturated heterocycles. The molecule has 0 bridgehead atoms. The monoisotopic (exact) mass is 391 g/mol. The van der Waals surface area contributed by atoms with Gasteiger partial charge in [-0.15, -0.1) is 0 Å². The number of aromatic carboxylic acids is 1. The summed E-state index contributed by atoms with van der Waals surface area (Å²) in [6, 6.07) is 11.7.